The molecule has 0 fully saturated rings. The highest BCUT2D eigenvalue weighted by Gasteiger charge is 2.40. The van der Waals surface area contributed by atoms with Crippen molar-refractivity contribution in [1.82, 2.24) is 9.97 Å². The molecule has 0 aliphatic carbocycles. The van der Waals surface area contributed by atoms with Gasteiger partial charge < -0.3 is 25.3 Å². The predicted molar refractivity (Wildman–Crippen MR) is 72.1 cm³/mol. The summed E-state index contributed by atoms with van der Waals surface area (Å²) in [5.41, 5.74) is 3.55. The second-order valence-corrected chi connectivity index (χ2v) is 5.23. The summed E-state index contributed by atoms with van der Waals surface area (Å²) in [4.78, 5) is 7.63. The molecule has 4 N–H and O–H groups in total. The van der Waals surface area contributed by atoms with Gasteiger partial charge in [-0.25, -0.2) is 4.98 Å². The van der Waals surface area contributed by atoms with Gasteiger partial charge in [0.05, 0.1) is 23.8 Å². The van der Waals surface area contributed by atoms with E-state index in [9.17, 15) is 10.1 Å². The Morgan fingerprint density at radius 3 is 2.37 bits per heavy atom. The van der Waals surface area contributed by atoms with Gasteiger partial charge in [0.15, 0.2) is 0 Å². The molecule has 0 saturated heterocycles. The number of nitrogens with zero attached hydrogens (tertiary/aromatic N) is 2. The molecule has 1 heterocycles. The normalized spacial score (nSPS) is 12.4. The van der Waals surface area contributed by atoms with E-state index in [0.717, 1.165) is 0 Å². The zero-order chi connectivity index (χ0) is 14.8. The van der Waals surface area contributed by atoms with Gasteiger partial charge >= 0.3 is 7.12 Å². The lowest BCUT2D eigenvalue weighted by molar-refractivity contribution is -0.0983. The SMILES string of the molecule is COc1nc(N)ncc1B(O)OC(C)(C)C(C)(C)O. The quantitative estimate of drug-likeness (QED) is 0.607. The number of nitrogens with two attached hydrogens (primary N) is 1. The van der Waals surface area contributed by atoms with Crippen molar-refractivity contribution in [2.45, 2.75) is 38.9 Å². The minimum absolute atomic E-state index is 0.0366. The van der Waals surface area contributed by atoms with Crippen LogP contribution >= 0.6 is 0 Å². The third kappa shape index (κ3) is 3.56. The monoisotopic (exact) mass is 269 g/mol. The Bertz CT molecular complexity index is 448. The van der Waals surface area contributed by atoms with E-state index in [1.807, 2.05) is 0 Å². The third-order valence-corrected chi connectivity index (χ3v) is 3.14. The number of hydrogen-bond donors (Lipinski definition) is 3. The molecule has 1 aromatic rings. The Morgan fingerprint density at radius 2 is 1.89 bits per heavy atom. The van der Waals surface area contributed by atoms with Gasteiger partial charge in [0.2, 0.25) is 11.8 Å². The average Bonchev–Trinajstić information content (AvgIpc) is 2.26. The summed E-state index contributed by atoms with van der Waals surface area (Å²) in [6.45, 7) is 6.52. The smallest absolute Gasteiger partial charge is 0.481 e. The first-order chi connectivity index (χ1) is 8.58. The zero-order valence-corrected chi connectivity index (χ0v) is 11.8. The summed E-state index contributed by atoms with van der Waals surface area (Å²) in [6.07, 6.45) is 1.33. The Morgan fingerprint density at radius 1 is 1.32 bits per heavy atom. The first-order valence-electron chi connectivity index (χ1n) is 5.83. The molecular weight excluding hydrogens is 249 g/mol. The number of ether oxygens (including phenoxy) is 1. The second-order valence-electron chi connectivity index (χ2n) is 5.23. The molecule has 8 heteroatoms. The number of aromatic nitrogens is 2. The Hall–Kier alpha value is -1.38. The molecule has 106 valence electrons. The predicted octanol–water partition coefficient (Wildman–Crippen LogP) is -0.679. The van der Waals surface area contributed by atoms with Gasteiger partial charge in [-0.3, -0.25) is 0 Å². The number of aliphatic hydroxyl groups is 1. The Labute approximate surface area is 112 Å². The molecule has 0 spiro atoms. The van der Waals surface area contributed by atoms with Gasteiger partial charge in [-0.2, -0.15) is 4.98 Å². The first kappa shape index (κ1) is 15.7. The van der Waals surface area contributed by atoms with Gasteiger partial charge in [0, 0.05) is 6.20 Å². The average molecular weight is 269 g/mol. The highest BCUT2D eigenvalue weighted by atomic mass is 16.6. The molecule has 0 aromatic carbocycles. The summed E-state index contributed by atoms with van der Waals surface area (Å²) in [6, 6.07) is 0. The fraction of sp³-hybridized carbons (Fsp3) is 0.636. The highest BCUT2D eigenvalue weighted by molar-refractivity contribution is 6.61. The van der Waals surface area contributed by atoms with E-state index in [4.69, 9.17) is 15.1 Å². The van der Waals surface area contributed by atoms with Crippen molar-refractivity contribution in [3.8, 4) is 5.88 Å². The van der Waals surface area contributed by atoms with Crippen LogP contribution in [0.5, 0.6) is 5.88 Å². The van der Waals surface area contributed by atoms with Crippen LogP contribution in [0, 0.1) is 0 Å². The lowest BCUT2D eigenvalue weighted by Crippen LogP contribution is -2.53. The number of nitrogen functional groups attached to an aromatic ring is 1. The zero-order valence-electron chi connectivity index (χ0n) is 11.8. The highest BCUT2D eigenvalue weighted by Crippen LogP contribution is 2.25. The first-order valence-corrected chi connectivity index (χ1v) is 5.83. The van der Waals surface area contributed by atoms with Crippen molar-refractivity contribution in [3.05, 3.63) is 6.20 Å². The lowest BCUT2D eigenvalue weighted by atomic mass is 9.77. The van der Waals surface area contributed by atoms with Crippen LogP contribution in [0.1, 0.15) is 27.7 Å². The molecule has 19 heavy (non-hydrogen) atoms. The van der Waals surface area contributed by atoms with Crippen molar-refractivity contribution in [1.29, 1.82) is 0 Å². The van der Waals surface area contributed by atoms with E-state index in [-0.39, 0.29) is 17.3 Å². The molecule has 0 amide bonds. The molecule has 7 nitrogen and oxygen atoms in total. The van der Waals surface area contributed by atoms with Crippen molar-refractivity contribution in [2.24, 2.45) is 0 Å². The van der Waals surface area contributed by atoms with Crippen LogP contribution in [0.4, 0.5) is 5.95 Å². The summed E-state index contributed by atoms with van der Waals surface area (Å²) < 4.78 is 10.5. The molecule has 0 atom stereocenters. The summed E-state index contributed by atoms with van der Waals surface area (Å²) >= 11 is 0. The second kappa shape index (κ2) is 5.32. The summed E-state index contributed by atoms with van der Waals surface area (Å²) in [5.74, 6) is 0.168. The molecule has 0 saturated carbocycles. The van der Waals surface area contributed by atoms with Crippen LogP contribution in [0.15, 0.2) is 6.20 Å². The Balaban J connectivity index is 2.99. The van der Waals surface area contributed by atoms with Gasteiger partial charge in [-0.05, 0) is 27.7 Å². The largest absolute Gasteiger partial charge is 0.498 e. The summed E-state index contributed by atoms with van der Waals surface area (Å²) in [7, 11) is 0.0658. The molecule has 1 rings (SSSR count). The van der Waals surface area contributed by atoms with E-state index < -0.39 is 18.3 Å². The van der Waals surface area contributed by atoms with Crippen molar-refractivity contribution in [3.63, 3.8) is 0 Å². The van der Waals surface area contributed by atoms with Crippen LogP contribution in [-0.2, 0) is 4.65 Å². The van der Waals surface area contributed by atoms with Crippen LogP contribution in [0.3, 0.4) is 0 Å². The maximum atomic E-state index is 10.1. The van der Waals surface area contributed by atoms with Crippen molar-refractivity contribution >= 4 is 18.5 Å². The van der Waals surface area contributed by atoms with Crippen LogP contribution in [-0.4, -0.2) is 45.5 Å². The van der Waals surface area contributed by atoms with E-state index in [1.54, 1.807) is 27.7 Å². The number of methoxy groups -OCH3 is 1. The fourth-order valence-corrected chi connectivity index (χ4v) is 1.21. The number of anilines is 1. The van der Waals surface area contributed by atoms with Gasteiger partial charge in [0.1, 0.15) is 0 Å². The molecule has 0 aliphatic heterocycles. The van der Waals surface area contributed by atoms with Gasteiger partial charge in [-0.1, -0.05) is 0 Å². The van der Waals surface area contributed by atoms with E-state index in [0.29, 0.717) is 0 Å². The van der Waals surface area contributed by atoms with Crippen LogP contribution < -0.4 is 15.9 Å². The van der Waals surface area contributed by atoms with Crippen molar-refractivity contribution < 1.29 is 19.5 Å². The van der Waals surface area contributed by atoms with E-state index in [1.165, 1.54) is 13.3 Å². The molecule has 0 aliphatic rings. The van der Waals surface area contributed by atoms with Gasteiger partial charge in [0.25, 0.3) is 0 Å². The number of rotatable bonds is 5. The minimum atomic E-state index is -1.34. The minimum Gasteiger partial charge on any atom is -0.481 e. The van der Waals surface area contributed by atoms with Crippen LogP contribution in [0.2, 0.25) is 0 Å². The van der Waals surface area contributed by atoms with Crippen molar-refractivity contribution in [2.75, 3.05) is 12.8 Å². The van der Waals surface area contributed by atoms with Gasteiger partial charge in [-0.15, -0.1) is 0 Å². The molecule has 0 unspecified atom stereocenters. The standard InChI is InChI=1S/C11H20BN3O4/c1-10(2,16)11(3,4)19-12(17)7-6-14-9(13)15-8(7)18-5/h6,16-17H,1-5H3,(H2,13,14,15). The maximum absolute atomic E-state index is 10.1. The third-order valence-electron chi connectivity index (χ3n) is 3.14. The van der Waals surface area contributed by atoms with Crippen LogP contribution in [0.25, 0.3) is 0 Å². The maximum Gasteiger partial charge on any atom is 0.498 e. The molecular formula is C11H20BN3O4. The Kier molecular flexibility index (Phi) is 4.39. The summed E-state index contributed by atoms with van der Waals surface area (Å²) in [5, 5.41) is 20.1. The fourth-order valence-electron chi connectivity index (χ4n) is 1.21. The molecule has 1 aromatic heterocycles. The lowest BCUT2D eigenvalue weighted by Gasteiger charge is -2.38. The molecule has 0 bridgehead atoms. The topological polar surface area (TPSA) is 111 Å². The number of hydrogen-bond acceptors (Lipinski definition) is 7. The van der Waals surface area contributed by atoms with E-state index in [2.05, 4.69) is 9.97 Å². The van der Waals surface area contributed by atoms with E-state index >= 15 is 0 Å². The molecule has 0 radical (unpaired) electrons.